The zero-order valence-electron chi connectivity index (χ0n) is 20.3. The van der Waals surface area contributed by atoms with Gasteiger partial charge < -0.3 is 16.0 Å². The topological polar surface area (TPSA) is 139 Å². The summed E-state index contributed by atoms with van der Waals surface area (Å²) < 4.78 is 26.9. The molecule has 1 aliphatic heterocycles. The summed E-state index contributed by atoms with van der Waals surface area (Å²) in [5.74, 6) is -1.71. The second kappa shape index (κ2) is 9.22. The molecule has 1 saturated heterocycles. The van der Waals surface area contributed by atoms with Gasteiger partial charge in [0.25, 0.3) is 0 Å². The number of thiocarbonyl (C=S) groups is 1. The molecule has 1 heterocycles. The van der Waals surface area contributed by atoms with Crippen LogP contribution < -0.4 is 15.8 Å². The van der Waals surface area contributed by atoms with Gasteiger partial charge >= 0.3 is 0 Å². The Bertz CT molecular complexity index is 1000. The van der Waals surface area contributed by atoms with Crippen molar-refractivity contribution >= 4 is 45.0 Å². The normalized spacial score (nSPS) is 29.8. The Kier molecular flexibility index (Phi) is 7.21. The first-order valence-corrected chi connectivity index (χ1v) is 13.7. The molecule has 0 radical (unpaired) electrons. The van der Waals surface area contributed by atoms with E-state index in [2.05, 4.69) is 16.6 Å². The molecule has 1 unspecified atom stereocenters. The van der Waals surface area contributed by atoms with E-state index in [0.717, 1.165) is 0 Å². The van der Waals surface area contributed by atoms with Gasteiger partial charge in [-0.25, -0.2) is 8.42 Å². The van der Waals surface area contributed by atoms with Gasteiger partial charge in [0.05, 0.1) is 16.7 Å². The van der Waals surface area contributed by atoms with Crippen LogP contribution in [0, 0.1) is 22.7 Å². The number of likely N-dealkylation sites (tertiary alicyclic amines) is 1. The van der Waals surface area contributed by atoms with Crippen molar-refractivity contribution in [3.05, 3.63) is 12.7 Å². The van der Waals surface area contributed by atoms with E-state index < -0.39 is 32.6 Å². The summed E-state index contributed by atoms with van der Waals surface area (Å²) in [5, 5.41) is 2.49. The number of nitrogens with two attached hydrogens (primary N) is 1. The van der Waals surface area contributed by atoms with E-state index in [1.54, 1.807) is 11.0 Å². The van der Waals surface area contributed by atoms with Crippen molar-refractivity contribution in [1.82, 2.24) is 14.9 Å². The van der Waals surface area contributed by atoms with Crippen molar-refractivity contribution in [2.75, 3.05) is 6.54 Å². The summed E-state index contributed by atoms with van der Waals surface area (Å²) in [6.45, 7) is 11.7. The first-order valence-electron chi connectivity index (χ1n) is 11.7. The van der Waals surface area contributed by atoms with Crippen molar-refractivity contribution in [3.8, 4) is 0 Å². The van der Waals surface area contributed by atoms with Gasteiger partial charge in [-0.2, -0.15) is 0 Å². The molecule has 3 rings (SSSR count). The minimum atomic E-state index is -3.74. The van der Waals surface area contributed by atoms with Gasteiger partial charge in [-0.15, -0.1) is 6.58 Å². The Balaban J connectivity index is 1.81. The maximum Gasteiger partial charge on any atom is 0.240 e. The molecule has 0 aromatic carbocycles. The van der Waals surface area contributed by atoms with Gasteiger partial charge in [0.1, 0.15) is 0 Å². The molecule has 11 heteroatoms. The Morgan fingerprint density at radius 1 is 1.29 bits per heavy atom. The number of amides is 2. The molecular formula is C23H36N4O5S2. The number of allylic oxidation sites excluding steroid dienone is 1. The highest BCUT2D eigenvalue weighted by atomic mass is 32.2. The van der Waals surface area contributed by atoms with Crippen molar-refractivity contribution in [2.45, 2.75) is 77.1 Å². The quantitative estimate of drug-likeness (QED) is 0.310. The lowest BCUT2D eigenvalue weighted by Crippen LogP contribution is -2.48. The minimum Gasteiger partial charge on any atom is -0.376 e. The molecule has 34 heavy (non-hydrogen) atoms. The Hall–Kier alpha value is -2.01. The van der Waals surface area contributed by atoms with E-state index in [0.29, 0.717) is 25.7 Å². The second-order valence-corrected chi connectivity index (χ2v) is 13.5. The van der Waals surface area contributed by atoms with Crippen molar-refractivity contribution in [2.24, 2.45) is 28.4 Å². The summed E-state index contributed by atoms with van der Waals surface area (Å²) in [4.78, 5) is 41.5. The molecule has 0 spiro atoms. The van der Waals surface area contributed by atoms with Crippen LogP contribution in [0.5, 0.6) is 0 Å². The molecule has 0 bridgehead atoms. The van der Waals surface area contributed by atoms with Gasteiger partial charge in [0, 0.05) is 24.9 Å². The summed E-state index contributed by atoms with van der Waals surface area (Å²) in [5.41, 5.74) is 4.17. The van der Waals surface area contributed by atoms with Gasteiger partial charge in [-0.3, -0.25) is 19.1 Å². The number of carbonyl (C=O) groups excluding carboxylic acids is 3. The smallest absolute Gasteiger partial charge is 0.240 e. The fraction of sp³-hybridized carbons (Fsp3) is 0.739. The number of hydrogen-bond acceptors (Lipinski definition) is 6. The summed E-state index contributed by atoms with van der Waals surface area (Å²) >= 11 is 4.95. The van der Waals surface area contributed by atoms with Crippen molar-refractivity contribution in [3.63, 3.8) is 0 Å². The highest BCUT2D eigenvalue weighted by Gasteiger charge is 2.61. The molecule has 5 atom stereocenters. The first-order chi connectivity index (χ1) is 15.6. The molecule has 190 valence electrons. The van der Waals surface area contributed by atoms with E-state index >= 15 is 0 Å². The number of Topliss-reactive ketones (excluding diaryl/α,β-unsaturated/α-hetero) is 1. The number of nitrogens with one attached hydrogen (secondary N) is 2. The molecule has 0 aromatic rings. The van der Waals surface area contributed by atoms with Crippen LogP contribution in [0.25, 0.3) is 0 Å². The predicted molar refractivity (Wildman–Crippen MR) is 133 cm³/mol. The van der Waals surface area contributed by atoms with Crippen LogP contribution in [0.3, 0.4) is 0 Å². The van der Waals surface area contributed by atoms with E-state index in [4.69, 9.17) is 18.0 Å². The zero-order valence-corrected chi connectivity index (χ0v) is 21.9. The number of carbonyl (C=O) groups is 3. The van der Waals surface area contributed by atoms with E-state index in [1.807, 2.05) is 27.7 Å². The lowest BCUT2D eigenvalue weighted by Gasteiger charge is -2.33. The van der Waals surface area contributed by atoms with Crippen LogP contribution in [0.1, 0.15) is 59.8 Å². The lowest BCUT2D eigenvalue weighted by atomic mass is 9.81. The molecule has 4 N–H and O–H groups in total. The summed E-state index contributed by atoms with van der Waals surface area (Å²) in [6.07, 6.45) is 3.16. The molecule has 9 nitrogen and oxygen atoms in total. The average Bonchev–Trinajstić information content (AvgIpc) is 3.63. The molecular weight excluding hydrogens is 476 g/mol. The van der Waals surface area contributed by atoms with Gasteiger partial charge in [0.15, 0.2) is 10.9 Å². The number of sulfonamides is 1. The largest absolute Gasteiger partial charge is 0.376 e. The van der Waals surface area contributed by atoms with Crippen LogP contribution in [0.15, 0.2) is 12.7 Å². The van der Waals surface area contributed by atoms with Crippen molar-refractivity contribution < 1.29 is 22.8 Å². The fourth-order valence-corrected chi connectivity index (χ4v) is 6.17. The van der Waals surface area contributed by atoms with E-state index in [9.17, 15) is 22.8 Å². The highest BCUT2D eigenvalue weighted by Crippen LogP contribution is 2.57. The number of ketones is 1. The zero-order chi connectivity index (χ0) is 25.6. The van der Waals surface area contributed by atoms with Gasteiger partial charge in [-0.05, 0) is 49.2 Å². The minimum absolute atomic E-state index is 0.0874. The van der Waals surface area contributed by atoms with Crippen LogP contribution in [-0.4, -0.2) is 59.9 Å². The van der Waals surface area contributed by atoms with E-state index in [1.165, 1.54) is 0 Å². The van der Waals surface area contributed by atoms with Crippen LogP contribution >= 0.6 is 12.2 Å². The molecule has 2 aliphatic carbocycles. The number of nitrogens with zero attached hydrogens (tertiary/aromatic N) is 1. The monoisotopic (exact) mass is 512 g/mol. The molecule has 2 saturated carbocycles. The van der Waals surface area contributed by atoms with E-state index in [-0.39, 0.29) is 53.1 Å². The second-order valence-electron chi connectivity index (χ2n) is 11.1. The van der Waals surface area contributed by atoms with Gasteiger partial charge in [-0.1, -0.05) is 33.8 Å². The summed E-state index contributed by atoms with van der Waals surface area (Å²) in [7, 11) is -3.74. The van der Waals surface area contributed by atoms with Crippen LogP contribution in [-0.2, 0) is 24.4 Å². The predicted octanol–water partition coefficient (Wildman–Crippen LogP) is 1.23. The number of rotatable bonds is 9. The average molecular weight is 513 g/mol. The van der Waals surface area contributed by atoms with Gasteiger partial charge in [0.2, 0.25) is 21.8 Å². The third-order valence-corrected chi connectivity index (χ3v) is 9.47. The Morgan fingerprint density at radius 3 is 2.38 bits per heavy atom. The molecule has 3 fully saturated rings. The van der Waals surface area contributed by atoms with Crippen LogP contribution in [0.4, 0.5) is 0 Å². The Morgan fingerprint density at radius 2 is 1.91 bits per heavy atom. The maximum absolute atomic E-state index is 13.5. The third kappa shape index (κ3) is 5.45. The molecule has 3 aliphatic rings. The SMILES string of the molecule is C=CC1C[C@]1(CC(=O)[C@@H]1C[C@@H](NC(N)=S)CN1C(=O)[C@@H](C)C(C)(C)C)C(=O)NS(=O)(=O)C1CC1. The standard InChI is InChI=1S/C23H36N4O5S2/c1-6-14-10-23(14,20(30)26-34(31,32)16-7-8-16)11-18(28)17-9-15(25-21(24)33)12-27(17)19(29)13(2)22(3,4)5/h6,13-17H,1,7-12H2,2-5H3,(H,26,30)(H3,24,25,33)/t13-,14?,15-,17+,23-/m1/s1. The summed E-state index contributed by atoms with van der Waals surface area (Å²) in [6, 6.07) is -1.03. The molecule has 2 amide bonds. The van der Waals surface area contributed by atoms with Crippen LogP contribution in [0.2, 0.25) is 0 Å². The number of hydrogen-bond donors (Lipinski definition) is 3. The maximum atomic E-state index is 13.5. The Labute approximate surface area is 207 Å². The lowest BCUT2D eigenvalue weighted by molar-refractivity contribution is -0.144. The van der Waals surface area contributed by atoms with Crippen molar-refractivity contribution in [1.29, 1.82) is 0 Å². The molecule has 0 aromatic heterocycles. The highest BCUT2D eigenvalue weighted by molar-refractivity contribution is 7.90. The first kappa shape index (κ1) is 26.6. The fourth-order valence-electron chi connectivity index (χ4n) is 4.62. The third-order valence-electron chi connectivity index (χ3n) is 7.53.